The molecule has 1 aromatic heterocycles. The number of allylic oxidation sites excluding steroid dienone is 1. The Labute approximate surface area is 185 Å². The number of hydrogen-bond acceptors (Lipinski definition) is 7. The standard InChI is InChI=1S/C24H25NO7/c26-9-10-29-11-12-30-23-14-16(18-15-31-21-8-4-1-5-17(18)21)13-22(32-23)24(28)25-19-6-2-3-7-20(19)27/h1-8,13,15-16,23,26-27H,9-12,14H2,(H,25,28)/t16-,23+/m0/s1. The first-order valence-corrected chi connectivity index (χ1v) is 10.4. The van der Waals surface area contributed by atoms with Crippen LogP contribution in [-0.2, 0) is 19.0 Å². The lowest BCUT2D eigenvalue weighted by molar-refractivity contribution is -0.148. The number of benzene rings is 2. The largest absolute Gasteiger partial charge is 0.506 e. The predicted molar refractivity (Wildman–Crippen MR) is 117 cm³/mol. The Kier molecular flexibility index (Phi) is 7.06. The van der Waals surface area contributed by atoms with E-state index < -0.39 is 12.2 Å². The maximum Gasteiger partial charge on any atom is 0.290 e. The highest BCUT2D eigenvalue weighted by Crippen LogP contribution is 2.36. The number of phenolic OH excluding ortho intramolecular Hbond substituents is 1. The molecule has 0 saturated heterocycles. The van der Waals surface area contributed by atoms with Gasteiger partial charge in [-0.1, -0.05) is 30.3 Å². The molecule has 2 atom stereocenters. The molecule has 3 aromatic rings. The Hall–Kier alpha value is -3.33. The molecule has 0 aliphatic carbocycles. The zero-order valence-electron chi connectivity index (χ0n) is 17.4. The van der Waals surface area contributed by atoms with Crippen molar-refractivity contribution in [2.75, 3.05) is 31.7 Å². The maximum atomic E-state index is 12.9. The van der Waals surface area contributed by atoms with E-state index in [1.165, 1.54) is 6.07 Å². The van der Waals surface area contributed by atoms with E-state index in [1.807, 2.05) is 24.3 Å². The smallest absolute Gasteiger partial charge is 0.290 e. The van der Waals surface area contributed by atoms with Crippen molar-refractivity contribution in [1.29, 1.82) is 0 Å². The number of para-hydroxylation sites is 3. The van der Waals surface area contributed by atoms with Gasteiger partial charge in [0.05, 0.1) is 38.4 Å². The van der Waals surface area contributed by atoms with Gasteiger partial charge in [-0.3, -0.25) is 4.79 Å². The molecule has 0 saturated carbocycles. The number of hydrogen-bond donors (Lipinski definition) is 3. The van der Waals surface area contributed by atoms with Crippen molar-refractivity contribution in [3.05, 3.63) is 72.2 Å². The van der Waals surface area contributed by atoms with Crippen molar-refractivity contribution >= 4 is 22.6 Å². The molecule has 32 heavy (non-hydrogen) atoms. The van der Waals surface area contributed by atoms with Crippen molar-refractivity contribution in [2.24, 2.45) is 0 Å². The van der Waals surface area contributed by atoms with Crippen LogP contribution in [0.15, 0.2) is 71.0 Å². The van der Waals surface area contributed by atoms with Gasteiger partial charge in [0.25, 0.3) is 5.91 Å². The fraction of sp³-hybridized carbons (Fsp3) is 0.292. The molecule has 1 amide bonds. The first-order valence-electron chi connectivity index (χ1n) is 10.4. The van der Waals surface area contributed by atoms with Crippen molar-refractivity contribution in [1.82, 2.24) is 0 Å². The van der Waals surface area contributed by atoms with Crippen LogP contribution in [0, 0.1) is 0 Å². The average Bonchev–Trinajstić information content (AvgIpc) is 3.24. The van der Waals surface area contributed by atoms with Gasteiger partial charge in [-0.05, 0) is 24.3 Å². The fourth-order valence-corrected chi connectivity index (χ4v) is 3.59. The van der Waals surface area contributed by atoms with Crippen molar-refractivity contribution in [2.45, 2.75) is 18.6 Å². The normalized spacial score (nSPS) is 18.2. The summed E-state index contributed by atoms with van der Waals surface area (Å²) >= 11 is 0. The zero-order chi connectivity index (χ0) is 22.3. The fourth-order valence-electron chi connectivity index (χ4n) is 3.59. The van der Waals surface area contributed by atoms with Crippen LogP contribution in [0.5, 0.6) is 5.75 Å². The summed E-state index contributed by atoms with van der Waals surface area (Å²) in [6, 6.07) is 14.2. The molecule has 0 fully saturated rings. The summed E-state index contributed by atoms with van der Waals surface area (Å²) in [5.41, 5.74) is 1.98. The molecule has 8 heteroatoms. The Morgan fingerprint density at radius 1 is 1.09 bits per heavy atom. The number of furan rings is 1. The first kappa shape index (κ1) is 21.9. The van der Waals surface area contributed by atoms with Crippen LogP contribution in [0.25, 0.3) is 11.0 Å². The highest BCUT2D eigenvalue weighted by atomic mass is 16.7. The molecule has 2 aromatic carbocycles. The van der Waals surface area contributed by atoms with Crippen LogP contribution in [0.3, 0.4) is 0 Å². The highest BCUT2D eigenvalue weighted by Gasteiger charge is 2.30. The number of rotatable bonds is 9. The van der Waals surface area contributed by atoms with Crippen LogP contribution in [0.4, 0.5) is 5.69 Å². The topological polar surface area (TPSA) is 110 Å². The predicted octanol–water partition coefficient (Wildman–Crippen LogP) is 3.52. The van der Waals surface area contributed by atoms with Gasteiger partial charge >= 0.3 is 0 Å². The minimum absolute atomic E-state index is 0.0385. The van der Waals surface area contributed by atoms with E-state index in [4.69, 9.17) is 23.7 Å². The van der Waals surface area contributed by atoms with Gasteiger partial charge in [-0.25, -0.2) is 0 Å². The van der Waals surface area contributed by atoms with E-state index in [1.54, 1.807) is 30.5 Å². The second kappa shape index (κ2) is 10.3. The number of anilines is 1. The van der Waals surface area contributed by atoms with Crippen LogP contribution in [-0.4, -0.2) is 48.8 Å². The van der Waals surface area contributed by atoms with Crippen LogP contribution in [0.1, 0.15) is 17.9 Å². The molecule has 168 valence electrons. The lowest BCUT2D eigenvalue weighted by Gasteiger charge is -2.29. The minimum atomic E-state index is -0.679. The number of amides is 1. The van der Waals surface area contributed by atoms with Crippen LogP contribution < -0.4 is 5.32 Å². The molecular weight excluding hydrogens is 414 g/mol. The Balaban J connectivity index is 1.55. The van der Waals surface area contributed by atoms with E-state index >= 15 is 0 Å². The minimum Gasteiger partial charge on any atom is -0.506 e. The highest BCUT2D eigenvalue weighted by molar-refractivity contribution is 6.03. The number of phenols is 1. The van der Waals surface area contributed by atoms with Gasteiger partial charge in [-0.2, -0.15) is 0 Å². The molecule has 3 N–H and O–H groups in total. The molecule has 2 heterocycles. The van der Waals surface area contributed by atoms with Crippen LogP contribution in [0.2, 0.25) is 0 Å². The van der Waals surface area contributed by atoms with E-state index in [0.717, 1.165) is 16.5 Å². The summed E-state index contributed by atoms with van der Waals surface area (Å²) in [5.74, 6) is -0.616. The molecule has 0 unspecified atom stereocenters. The first-order chi connectivity index (χ1) is 15.7. The number of carbonyl (C=O) groups excluding carboxylic acids is 1. The summed E-state index contributed by atoms with van der Waals surface area (Å²) in [6.45, 7) is 0.711. The molecule has 0 radical (unpaired) electrons. The molecule has 1 aliphatic rings. The third-order valence-corrected chi connectivity index (χ3v) is 5.11. The summed E-state index contributed by atoms with van der Waals surface area (Å²) in [7, 11) is 0. The Morgan fingerprint density at radius 3 is 2.75 bits per heavy atom. The van der Waals surface area contributed by atoms with E-state index in [-0.39, 0.29) is 42.9 Å². The quantitative estimate of drug-likeness (QED) is 0.346. The molecular formula is C24H25NO7. The molecule has 0 spiro atoms. The third kappa shape index (κ3) is 5.11. The molecule has 4 rings (SSSR count). The van der Waals surface area contributed by atoms with Gasteiger partial charge < -0.3 is 34.2 Å². The number of nitrogens with one attached hydrogen (secondary N) is 1. The summed E-state index contributed by atoms with van der Waals surface area (Å²) in [5, 5.41) is 22.4. The lowest BCUT2D eigenvalue weighted by Crippen LogP contribution is -2.30. The van der Waals surface area contributed by atoms with Gasteiger partial charge in [0, 0.05) is 23.3 Å². The number of aliphatic hydroxyl groups is 1. The number of carbonyl (C=O) groups is 1. The molecule has 8 nitrogen and oxygen atoms in total. The summed E-state index contributed by atoms with van der Waals surface area (Å²) < 4.78 is 22.5. The van der Waals surface area contributed by atoms with Crippen molar-refractivity contribution in [3.63, 3.8) is 0 Å². The monoisotopic (exact) mass is 439 g/mol. The second-order valence-corrected chi connectivity index (χ2v) is 7.29. The number of aliphatic hydroxyl groups excluding tert-OH is 1. The number of fused-ring (bicyclic) bond motifs is 1. The number of aromatic hydroxyl groups is 1. The van der Waals surface area contributed by atoms with Crippen molar-refractivity contribution in [3.8, 4) is 5.75 Å². The van der Waals surface area contributed by atoms with Crippen molar-refractivity contribution < 1.29 is 33.6 Å². The van der Waals surface area contributed by atoms with Gasteiger partial charge in [0.15, 0.2) is 5.76 Å². The molecule has 0 bridgehead atoms. The maximum absolute atomic E-state index is 12.9. The Bertz CT molecular complexity index is 1090. The summed E-state index contributed by atoms with van der Waals surface area (Å²) in [4.78, 5) is 12.9. The van der Waals surface area contributed by atoms with E-state index in [2.05, 4.69) is 5.32 Å². The number of ether oxygens (including phenoxy) is 3. The summed E-state index contributed by atoms with van der Waals surface area (Å²) in [6.07, 6.45) is 3.24. The van der Waals surface area contributed by atoms with E-state index in [9.17, 15) is 9.90 Å². The zero-order valence-corrected chi connectivity index (χ0v) is 17.4. The lowest BCUT2D eigenvalue weighted by atomic mass is 9.92. The Morgan fingerprint density at radius 2 is 1.91 bits per heavy atom. The van der Waals surface area contributed by atoms with Gasteiger partial charge in [0.1, 0.15) is 11.3 Å². The van der Waals surface area contributed by atoms with Crippen LogP contribution >= 0.6 is 0 Å². The van der Waals surface area contributed by atoms with E-state index in [0.29, 0.717) is 13.0 Å². The third-order valence-electron chi connectivity index (χ3n) is 5.11. The second-order valence-electron chi connectivity index (χ2n) is 7.29. The molecule has 1 aliphatic heterocycles. The van der Waals surface area contributed by atoms with Gasteiger partial charge in [0.2, 0.25) is 6.29 Å². The SMILES string of the molecule is O=C(Nc1ccccc1O)C1=C[C@H](c2coc3ccccc23)C[C@H](OCCOCCO)O1. The average molecular weight is 439 g/mol. The van der Waals surface area contributed by atoms with Gasteiger partial charge in [-0.15, -0.1) is 0 Å².